The Bertz CT molecular complexity index is 1170. The zero-order chi connectivity index (χ0) is 23.2. The van der Waals surface area contributed by atoms with Gasteiger partial charge in [-0.25, -0.2) is 9.67 Å². The fourth-order valence-electron chi connectivity index (χ4n) is 4.44. The van der Waals surface area contributed by atoms with Crippen molar-refractivity contribution in [1.82, 2.24) is 19.7 Å². The summed E-state index contributed by atoms with van der Waals surface area (Å²) >= 11 is 1.74. The number of likely N-dealkylation sites (tertiary alicyclic amines) is 1. The number of hydrogen-bond acceptors (Lipinski definition) is 6. The molecule has 0 aliphatic carbocycles. The van der Waals surface area contributed by atoms with Crippen molar-refractivity contribution in [3.63, 3.8) is 0 Å². The van der Waals surface area contributed by atoms with Gasteiger partial charge in [-0.2, -0.15) is 5.10 Å². The Labute approximate surface area is 205 Å². The first-order valence-electron chi connectivity index (χ1n) is 11.9. The molecule has 1 saturated heterocycles. The van der Waals surface area contributed by atoms with Gasteiger partial charge in [0.15, 0.2) is 5.13 Å². The van der Waals surface area contributed by atoms with Crippen LogP contribution in [0.5, 0.6) is 5.75 Å². The molecule has 0 bridgehead atoms. The maximum absolute atomic E-state index is 5.45. The smallest absolute Gasteiger partial charge is 0.186 e. The third kappa shape index (κ3) is 5.66. The molecule has 0 unspecified atom stereocenters. The Morgan fingerprint density at radius 1 is 0.971 bits per heavy atom. The van der Waals surface area contributed by atoms with E-state index in [0.29, 0.717) is 0 Å². The third-order valence-electron chi connectivity index (χ3n) is 6.23. The topological polar surface area (TPSA) is 46.4 Å². The highest BCUT2D eigenvalue weighted by Crippen LogP contribution is 2.27. The molecule has 0 radical (unpaired) electrons. The molecule has 5 rings (SSSR count). The molecule has 7 heteroatoms. The van der Waals surface area contributed by atoms with Crippen LogP contribution in [-0.4, -0.2) is 39.9 Å². The fraction of sp³-hybridized carbons (Fsp3) is 0.333. The van der Waals surface area contributed by atoms with E-state index in [1.807, 2.05) is 23.0 Å². The largest absolute Gasteiger partial charge is 0.497 e. The maximum Gasteiger partial charge on any atom is 0.186 e. The van der Waals surface area contributed by atoms with Gasteiger partial charge in [-0.3, -0.25) is 4.90 Å². The highest BCUT2D eigenvalue weighted by molar-refractivity contribution is 7.13. The third-order valence-corrected chi connectivity index (χ3v) is 7.18. The second-order valence-corrected chi connectivity index (χ2v) is 9.62. The van der Waals surface area contributed by atoms with E-state index in [1.54, 1.807) is 24.6 Å². The van der Waals surface area contributed by atoms with Gasteiger partial charge >= 0.3 is 0 Å². The molecule has 2 aromatic heterocycles. The SMILES string of the molecule is COc1cccc(CN(Cc2ccc(-n3cccn3)cc2)c2nc(CN3CCCCC3)cs2)c1. The van der Waals surface area contributed by atoms with Crippen molar-refractivity contribution in [2.45, 2.75) is 38.9 Å². The van der Waals surface area contributed by atoms with E-state index in [9.17, 15) is 0 Å². The molecule has 34 heavy (non-hydrogen) atoms. The van der Waals surface area contributed by atoms with Crippen LogP contribution in [0.25, 0.3) is 5.69 Å². The minimum atomic E-state index is 0.773. The van der Waals surface area contributed by atoms with Gasteiger partial charge in [0, 0.05) is 37.4 Å². The summed E-state index contributed by atoms with van der Waals surface area (Å²) in [6.07, 6.45) is 7.71. The number of methoxy groups -OCH3 is 1. The van der Waals surface area contributed by atoms with Crippen molar-refractivity contribution in [1.29, 1.82) is 0 Å². The first-order valence-corrected chi connectivity index (χ1v) is 12.8. The highest BCUT2D eigenvalue weighted by Gasteiger charge is 2.16. The lowest BCUT2D eigenvalue weighted by Gasteiger charge is -2.25. The predicted molar refractivity (Wildman–Crippen MR) is 138 cm³/mol. The number of benzene rings is 2. The Hall–Kier alpha value is -3.16. The number of thiazole rings is 1. The number of nitrogens with zero attached hydrogens (tertiary/aromatic N) is 5. The molecule has 3 heterocycles. The maximum atomic E-state index is 5.45. The van der Waals surface area contributed by atoms with E-state index < -0.39 is 0 Å². The molecule has 0 spiro atoms. The standard InChI is InChI=1S/C27H31N5OS/c1-33-26-8-5-7-23(17-26)19-31(18-22-9-11-25(12-10-22)32-16-6-13-28-32)27-29-24(21-34-27)20-30-14-3-2-4-15-30/h5-13,16-17,21H,2-4,14-15,18-20H2,1H3. The lowest BCUT2D eigenvalue weighted by atomic mass is 10.1. The molecule has 176 valence electrons. The molecule has 1 fully saturated rings. The number of ether oxygens (including phenoxy) is 1. The average Bonchev–Trinajstić information content (AvgIpc) is 3.58. The van der Waals surface area contributed by atoms with E-state index in [4.69, 9.17) is 9.72 Å². The predicted octanol–water partition coefficient (Wildman–Crippen LogP) is 5.53. The summed E-state index contributed by atoms with van der Waals surface area (Å²) in [6, 6.07) is 18.8. The van der Waals surface area contributed by atoms with E-state index in [0.717, 1.165) is 36.2 Å². The van der Waals surface area contributed by atoms with E-state index in [1.165, 1.54) is 49.2 Å². The second kappa shape index (κ2) is 10.8. The zero-order valence-corrected chi connectivity index (χ0v) is 20.5. The first kappa shape index (κ1) is 22.6. The number of anilines is 1. The summed E-state index contributed by atoms with van der Waals surface area (Å²) in [6.45, 7) is 4.87. The van der Waals surface area contributed by atoms with Crippen LogP contribution in [0.3, 0.4) is 0 Å². The minimum Gasteiger partial charge on any atom is -0.497 e. The number of piperidine rings is 1. The fourth-order valence-corrected chi connectivity index (χ4v) is 5.26. The highest BCUT2D eigenvalue weighted by atomic mass is 32.1. The van der Waals surface area contributed by atoms with Gasteiger partial charge in [-0.1, -0.05) is 30.7 Å². The van der Waals surface area contributed by atoms with Crippen molar-refractivity contribution in [3.05, 3.63) is 89.2 Å². The quantitative estimate of drug-likeness (QED) is 0.320. The molecule has 0 N–H and O–H groups in total. The molecular formula is C27H31N5OS. The van der Waals surface area contributed by atoms with Crippen molar-refractivity contribution in [2.75, 3.05) is 25.1 Å². The Morgan fingerprint density at radius 2 is 1.79 bits per heavy atom. The van der Waals surface area contributed by atoms with Gasteiger partial charge in [0.05, 0.1) is 18.5 Å². The van der Waals surface area contributed by atoms with Crippen LogP contribution in [0.2, 0.25) is 0 Å². The summed E-state index contributed by atoms with van der Waals surface area (Å²) < 4.78 is 7.33. The lowest BCUT2D eigenvalue weighted by molar-refractivity contribution is 0.219. The van der Waals surface area contributed by atoms with Crippen LogP contribution in [0, 0.1) is 0 Å². The summed E-state index contributed by atoms with van der Waals surface area (Å²) in [7, 11) is 1.71. The molecule has 1 aliphatic rings. The first-order chi connectivity index (χ1) is 16.8. The molecule has 6 nitrogen and oxygen atoms in total. The van der Waals surface area contributed by atoms with Crippen molar-refractivity contribution < 1.29 is 4.74 Å². The van der Waals surface area contributed by atoms with Gasteiger partial charge in [0.2, 0.25) is 0 Å². The normalized spacial score (nSPS) is 14.3. The summed E-state index contributed by atoms with van der Waals surface area (Å²) in [5.74, 6) is 0.881. The second-order valence-electron chi connectivity index (χ2n) is 8.78. The molecule has 0 amide bonds. The van der Waals surface area contributed by atoms with Gasteiger partial charge in [-0.05, 0) is 67.4 Å². The number of hydrogen-bond donors (Lipinski definition) is 0. The molecular weight excluding hydrogens is 442 g/mol. The minimum absolute atomic E-state index is 0.773. The van der Waals surface area contributed by atoms with Crippen LogP contribution in [0.15, 0.2) is 72.4 Å². The number of rotatable bonds is 9. The molecule has 0 saturated carbocycles. The van der Waals surface area contributed by atoms with Gasteiger partial charge in [0.25, 0.3) is 0 Å². The van der Waals surface area contributed by atoms with E-state index >= 15 is 0 Å². The molecule has 4 aromatic rings. The lowest BCUT2D eigenvalue weighted by Crippen LogP contribution is -2.29. The summed E-state index contributed by atoms with van der Waals surface area (Å²) in [5.41, 5.74) is 4.68. The molecule has 1 aliphatic heterocycles. The Morgan fingerprint density at radius 3 is 2.56 bits per heavy atom. The van der Waals surface area contributed by atoms with Crippen LogP contribution < -0.4 is 9.64 Å². The molecule has 2 aromatic carbocycles. The van der Waals surface area contributed by atoms with Crippen molar-refractivity contribution in [3.8, 4) is 11.4 Å². The zero-order valence-electron chi connectivity index (χ0n) is 19.6. The van der Waals surface area contributed by atoms with Crippen LogP contribution in [0.4, 0.5) is 5.13 Å². The monoisotopic (exact) mass is 473 g/mol. The van der Waals surface area contributed by atoms with Crippen molar-refractivity contribution in [2.24, 2.45) is 0 Å². The Balaban J connectivity index is 1.35. The van der Waals surface area contributed by atoms with Gasteiger partial charge in [-0.15, -0.1) is 11.3 Å². The van der Waals surface area contributed by atoms with Crippen LogP contribution >= 0.6 is 11.3 Å². The van der Waals surface area contributed by atoms with E-state index in [2.05, 4.69) is 62.7 Å². The number of aromatic nitrogens is 3. The van der Waals surface area contributed by atoms with Crippen molar-refractivity contribution >= 4 is 16.5 Å². The summed E-state index contributed by atoms with van der Waals surface area (Å²) in [5, 5.41) is 7.62. The van der Waals surface area contributed by atoms with E-state index in [-0.39, 0.29) is 0 Å². The molecule has 0 atom stereocenters. The Kier molecular flexibility index (Phi) is 7.22. The average molecular weight is 474 g/mol. The van der Waals surface area contributed by atoms with Crippen LogP contribution in [-0.2, 0) is 19.6 Å². The summed E-state index contributed by atoms with van der Waals surface area (Å²) in [4.78, 5) is 9.95. The van der Waals surface area contributed by atoms with Gasteiger partial charge in [0.1, 0.15) is 5.75 Å². The van der Waals surface area contributed by atoms with Gasteiger partial charge < -0.3 is 9.64 Å². The van der Waals surface area contributed by atoms with Crippen LogP contribution in [0.1, 0.15) is 36.1 Å².